The van der Waals surface area contributed by atoms with Crippen molar-refractivity contribution in [3.8, 4) is 11.5 Å². The summed E-state index contributed by atoms with van der Waals surface area (Å²) in [6.07, 6.45) is 0. The van der Waals surface area contributed by atoms with Crippen molar-refractivity contribution in [1.82, 2.24) is 5.32 Å². The number of benzene rings is 2. The van der Waals surface area contributed by atoms with Gasteiger partial charge < -0.3 is 20.1 Å². The highest BCUT2D eigenvalue weighted by Crippen LogP contribution is 2.29. The molecule has 0 saturated carbocycles. The van der Waals surface area contributed by atoms with E-state index in [0.717, 1.165) is 5.56 Å². The van der Waals surface area contributed by atoms with Crippen LogP contribution in [-0.4, -0.2) is 26.7 Å². The summed E-state index contributed by atoms with van der Waals surface area (Å²) < 4.78 is 10.4. The summed E-state index contributed by atoms with van der Waals surface area (Å²) in [7, 11) is 3.11. The molecule has 0 aliphatic heterocycles. The Labute approximate surface area is 140 Å². The standard InChI is InChI=1S/C17H19ClN2O3/c1-22-15-8-7-13(9-16(15)23-2)20-17(21)11-19-10-12-5-3-4-6-14(12)18/h3-9,19H,10-11H2,1-2H3,(H,20,21). The molecule has 1 amide bonds. The molecule has 0 fully saturated rings. The third kappa shape index (κ3) is 4.87. The average molecular weight is 335 g/mol. The second-order valence-corrected chi connectivity index (χ2v) is 5.22. The van der Waals surface area contributed by atoms with E-state index in [1.54, 1.807) is 32.4 Å². The summed E-state index contributed by atoms with van der Waals surface area (Å²) in [6, 6.07) is 12.7. The number of hydrogen-bond acceptors (Lipinski definition) is 4. The Morgan fingerprint density at radius 1 is 1.09 bits per heavy atom. The quantitative estimate of drug-likeness (QED) is 0.817. The third-order valence-electron chi connectivity index (χ3n) is 3.23. The van der Waals surface area contributed by atoms with Crippen molar-refractivity contribution < 1.29 is 14.3 Å². The van der Waals surface area contributed by atoms with Crippen molar-refractivity contribution >= 4 is 23.2 Å². The van der Waals surface area contributed by atoms with Crippen molar-refractivity contribution in [2.45, 2.75) is 6.54 Å². The maximum absolute atomic E-state index is 12.0. The minimum atomic E-state index is -0.149. The Hall–Kier alpha value is -2.24. The normalized spacial score (nSPS) is 10.2. The SMILES string of the molecule is COc1ccc(NC(=O)CNCc2ccccc2Cl)cc1OC. The average Bonchev–Trinajstić information content (AvgIpc) is 2.56. The molecule has 0 spiro atoms. The van der Waals surface area contributed by atoms with Gasteiger partial charge in [0.15, 0.2) is 11.5 Å². The Morgan fingerprint density at radius 3 is 2.52 bits per heavy atom. The number of nitrogens with one attached hydrogen (secondary N) is 2. The van der Waals surface area contributed by atoms with Gasteiger partial charge in [0, 0.05) is 23.3 Å². The monoisotopic (exact) mass is 334 g/mol. The molecular weight excluding hydrogens is 316 g/mol. The molecule has 6 heteroatoms. The highest BCUT2D eigenvalue weighted by molar-refractivity contribution is 6.31. The number of hydrogen-bond donors (Lipinski definition) is 2. The second-order valence-electron chi connectivity index (χ2n) is 4.81. The maximum atomic E-state index is 12.0. The van der Waals surface area contributed by atoms with Crippen LogP contribution in [0.15, 0.2) is 42.5 Å². The van der Waals surface area contributed by atoms with E-state index in [1.807, 2.05) is 24.3 Å². The Morgan fingerprint density at radius 2 is 1.83 bits per heavy atom. The van der Waals surface area contributed by atoms with Gasteiger partial charge in [0.05, 0.1) is 20.8 Å². The number of carbonyl (C=O) groups is 1. The summed E-state index contributed by atoms with van der Waals surface area (Å²) in [5, 5.41) is 6.54. The number of carbonyl (C=O) groups excluding carboxylic acids is 1. The summed E-state index contributed by atoms with van der Waals surface area (Å²) in [4.78, 5) is 12.0. The van der Waals surface area contributed by atoms with Gasteiger partial charge in [-0.2, -0.15) is 0 Å². The van der Waals surface area contributed by atoms with Gasteiger partial charge in [-0.25, -0.2) is 0 Å². The van der Waals surface area contributed by atoms with Gasteiger partial charge in [-0.3, -0.25) is 4.79 Å². The van der Waals surface area contributed by atoms with Gasteiger partial charge in [-0.1, -0.05) is 29.8 Å². The van der Waals surface area contributed by atoms with Crippen molar-refractivity contribution in [1.29, 1.82) is 0 Å². The fraction of sp³-hybridized carbons (Fsp3) is 0.235. The number of anilines is 1. The van der Waals surface area contributed by atoms with Crippen molar-refractivity contribution in [2.24, 2.45) is 0 Å². The maximum Gasteiger partial charge on any atom is 0.238 e. The minimum absolute atomic E-state index is 0.149. The Bertz CT molecular complexity index is 677. The molecule has 5 nitrogen and oxygen atoms in total. The number of methoxy groups -OCH3 is 2. The number of rotatable bonds is 7. The van der Waals surface area contributed by atoms with Crippen LogP contribution in [0.1, 0.15) is 5.56 Å². The molecule has 2 rings (SSSR count). The van der Waals surface area contributed by atoms with E-state index >= 15 is 0 Å². The highest BCUT2D eigenvalue weighted by atomic mass is 35.5. The van der Waals surface area contributed by atoms with E-state index in [-0.39, 0.29) is 12.5 Å². The molecule has 2 aromatic rings. The summed E-state index contributed by atoms with van der Waals surface area (Å²) >= 11 is 6.06. The van der Waals surface area contributed by atoms with Crippen LogP contribution in [-0.2, 0) is 11.3 Å². The third-order valence-corrected chi connectivity index (χ3v) is 3.59. The predicted molar refractivity (Wildman–Crippen MR) is 91.3 cm³/mol. The van der Waals surface area contributed by atoms with Gasteiger partial charge in [0.1, 0.15) is 0 Å². The van der Waals surface area contributed by atoms with Crippen LogP contribution in [0.5, 0.6) is 11.5 Å². The lowest BCUT2D eigenvalue weighted by Crippen LogP contribution is -2.27. The van der Waals surface area contributed by atoms with E-state index in [0.29, 0.717) is 28.8 Å². The van der Waals surface area contributed by atoms with Gasteiger partial charge in [0.25, 0.3) is 0 Å². The Balaban J connectivity index is 1.86. The van der Waals surface area contributed by atoms with Crippen molar-refractivity contribution in [3.05, 3.63) is 53.1 Å². The predicted octanol–water partition coefficient (Wildman–Crippen LogP) is 3.09. The fourth-order valence-electron chi connectivity index (χ4n) is 2.07. The molecule has 2 aromatic carbocycles. The second kappa shape index (κ2) is 8.41. The van der Waals surface area contributed by atoms with E-state index in [1.165, 1.54) is 0 Å². The highest BCUT2D eigenvalue weighted by Gasteiger charge is 2.07. The molecule has 0 aliphatic rings. The first-order valence-corrected chi connectivity index (χ1v) is 7.48. The number of ether oxygens (including phenoxy) is 2. The van der Waals surface area contributed by atoms with Crippen LogP contribution >= 0.6 is 11.6 Å². The molecule has 122 valence electrons. The summed E-state index contributed by atoms with van der Waals surface area (Å²) in [5.41, 5.74) is 1.60. The van der Waals surface area contributed by atoms with Crippen LogP contribution < -0.4 is 20.1 Å². The lowest BCUT2D eigenvalue weighted by Gasteiger charge is -2.11. The van der Waals surface area contributed by atoms with E-state index in [4.69, 9.17) is 21.1 Å². The van der Waals surface area contributed by atoms with Gasteiger partial charge >= 0.3 is 0 Å². The van der Waals surface area contributed by atoms with Gasteiger partial charge in [-0.05, 0) is 23.8 Å². The van der Waals surface area contributed by atoms with Gasteiger partial charge in [-0.15, -0.1) is 0 Å². The lowest BCUT2D eigenvalue weighted by atomic mass is 10.2. The zero-order valence-corrected chi connectivity index (χ0v) is 13.8. The fourth-order valence-corrected chi connectivity index (χ4v) is 2.27. The van der Waals surface area contributed by atoms with Gasteiger partial charge in [0.2, 0.25) is 5.91 Å². The molecule has 23 heavy (non-hydrogen) atoms. The van der Waals surface area contributed by atoms with E-state index in [2.05, 4.69) is 10.6 Å². The molecular formula is C17H19ClN2O3. The van der Waals surface area contributed by atoms with E-state index < -0.39 is 0 Å². The molecule has 2 N–H and O–H groups in total. The summed E-state index contributed by atoms with van der Waals surface area (Å²) in [5.74, 6) is 1.03. The zero-order valence-electron chi connectivity index (χ0n) is 13.1. The first kappa shape index (κ1) is 17.1. The largest absolute Gasteiger partial charge is 0.493 e. The lowest BCUT2D eigenvalue weighted by molar-refractivity contribution is -0.115. The zero-order chi connectivity index (χ0) is 16.7. The Kier molecular flexibility index (Phi) is 6.26. The molecule has 0 saturated heterocycles. The smallest absolute Gasteiger partial charge is 0.238 e. The molecule has 0 atom stereocenters. The van der Waals surface area contributed by atoms with Crippen molar-refractivity contribution in [3.63, 3.8) is 0 Å². The minimum Gasteiger partial charge on any atom is -0.493 e. The summed E-state index contributed by atoms with van der Waals surface area (Å²) in [6.45, 7) is 0.707. The topological polar surface area (TPSA) is 59.6 Å². The molecule has 0 unspecified atom stereocenters. The van der Waals surface area contributed by atoms with Crippen LogP contribution in [0.4, 0.5) is 5.69 Å². The first-order chi connectivity index (χ1) is 11.1. The van der Waals surface area contributed by atoms with Crippen LogP contribution in [0.3, 0.4) is 0 Å². The molecule has 0 aliphatic carbocycles. The van der Waals surface area contributed by atoms with Crippen molar-refractivity contribution in [2.75, 3.05) is 26.1 Å². The molecule has 0 bridgehead atoms. The number of halogens is 1. The molecule has 0 radical (unpaired) electrons. The van der Waals surface area contributed by atoms with E-state index in [9.17, 15) is 4.79 Å². The van der Waals surface area contributed by atoms with Crippen LogP contribution in [0.25, 0.3) is 0 Å². The molecule has 0 aromatic heterocycles. The first-order valence-electron chi connectivity index (χ1n) is 7.10. The van der Waals surface area contributed by atoms with Crippen LogP contribution in [0.2, 0.25) is 5.02 Å². The van der Waals surface area contributed by atoms with Crippen LogP contribution in [0, 0.1) is 0 Å². The number of amides is 1. The molecule has 0 heterocycles.